The number of carbonyl (C=O) groups excluding carboxylic acids is 1. The van der Waals surface area contributed by atoms with E-state index in [2.05, 4.69) is 50.3 Å². The van der Waals surface area contributed by atoms with Gasteiger partial charge in [0.05, 0.1) is 19.8 Å². The van der Waals surface area contributed by atoms with E-state index in [0.29, 0.717) is 13.0 Å². The van der Waals surface area contributed by atoms with Crippen LogP contribution in [0.5, 0.6) is 0 Å². The lowest BCUT2D eigenvalue weighted by Crippen LogP contribution is -2.34. The largest absolute Gasteiger partial charge is 0.480 e. The highest BCUT2D eigenvalue weighted by molar-refractivity contribution is 7.47. The number of nitrogens with two attached hydrogens (primary N) is 1. The molecular formula is C52H98NO9P. The summed E-state index contributed by atoms with van der Waals surface area (Å²) in [6, 6.07) is -1.47. The minimum Gasteiger partial charge on any atom is -0.480 e. The topological polar surface area (TPSA) is 155 Å². The number of aliphatic carboxylic acids is 1. The Kier molecular flexibility index (Phi) is 46.7. The number of esters is 1. The van der Waals surface area contributed by atoms with Gasteiger partial charge in [0, 0.05) is 13.0 Å². The van der Waals surface area contributed by atoms with E-state index < -0.39 is 45.1 Å². The standard InChI is InChI=1S/C52H98NO9P/c1-3-5-7-9-11-13-15-17-19-21-22-23-24-25-26-27-29-31-33-35-37-39-41-43-45-59-46-49(47-60-63(57,58)61-48-50(53)52(55)56)62-51(54)44-42-40-38-36-34-32-30-28-20-18-16-14-12-10-8-6-4-2/h15,17,21-22,24-25,49-50H,3-14,16,18-20,23,26-48,53H2,1-2H3,(H,55,56)(H,57,58)/b17-15-,22-21-,25-24-. The molecule has 0 fully saturated rings. The van der Waals surface area contributed by atoms with Crippen LogP contribution in [-0.2, 0) is 32.7 Å². The van der Waals surface area contributed by atoms with Crippen molar-refractivity contribution in [3.05, 3.63) is 36.5 Å². The normalized spacial score (nSPS) is 14.0. The van der Waals surface area contributed by atoms with Crippen molar-refractivity contribution < 1.29 is 42.7 Å². The van der Waals surface area contributed by atoms with Crippen LogP contribution >= 0.6 is 7.82 Å². The van der Waals surface area contributed by atoms with Crippen LogP contribution in [0.25, 0.3) is 0 Å². The minimum atomic E-state index is -4.62. The zero-order chi connectivity index (χ0) is 46.2. The summed E-state index contributed by atoms with van der Waals surface area (Å²) in [7, 11) is -4.62. The molecule has 0 aliphatic heterocycles. The maximum atomic E-state index is 12.7. The van der Waals surface area contributed by atoms with Crippen molar-refractivity contribution in [1.82, 2.24) is 0 Å². The minimum absolute atomic E-state index is 0.0161. The van der Waals surface area contributed by atoms with Gasteiger partial charge in [0.25, 0.3) is 0 Å². The van der Waals surface area contributed by atoms with Gasteiger partial charge in [-0.25, -0.2) is 4.57 Å². The lowest BCUT2D eigenvalue weighted by Gasteiger charge is -2.20. The second kappa shape index (κ2) is 48.1. The third kappa shape index (κ3) is 48.0. The molecule has 0 aromatic carbocycles. The van der Waals surface area contributed by atoms with Crippen molar-refractivity contribution >= 4 is 19.8 Å². The molecule has 0 spiro atoms. The van der Waals surface area contributed by atoms with Crippen LogP contribution in [-0.4, -0.2) is 60.5 Å². The highest BCUT2D eigenvalue weighted by Crippen LogP contribution is 2.43. The molecule has 4 N–H and O–H groups in total. The second-order valence-corrected chi connectivity index (χ2v) is 19.1. The SMILES string of the molecule is CCCCCCC/C=C\C/C=C\C/C=C\CCCCCCCCCCCOCC(COP(=O)(O)OCC(N)C(=O)O)OC(=O)CCCCCCCCCCCCCCCCCCC. The molecule has 0 aliphatic carbocycles. The lowest BCUT2D eigenvalue weighted by atomic mass is 10.0. The van der Waals surface area contributed by atoms with Crippen molar-refractivity contribution in [3.8, 4) is 0 Å². The van der Waals surface area contributed by atoms with E-state index in [4.69, 9.17) is 29.4 Å². The molecule has 0 aromatic rings. The highest BCUT2D eigenvalue weighted by Gasteiger charge is 2.27. The number of phosphoric ester groups is 1. The molecule has 0 rings (SSSR count). The molecule has 0 amide bonds. The molecule has 0 bridgehead atoms. The summed E-state index contributed by atoms with van der Waals surface area (Å²) >= 11 is 0. The summed E-state index contributed by atoms with van der Waals surface area (Å²) in [6.45, 7) is 3.90. The van der Waals surface area contributed by atoms with Crippen molar-refractivity contribution in [3.63, 3.8) is 0 Å². The number of unbranched alkanes of at least 4 members (excludes halogenated alkanes) is 30. The molecule has 370 valence electrons. The summed E-state index contributed by atoms with van der Waals surface area (Å²) in [4.78, 5) is 33.7. The summed E-state index contributed by atoms with van der Waals surface area (Å²) < 4.78 is 33.5. The molecule has 0 saturated heterocycles. The Morgan fingerprint density at radius 2 is 0.873 bits per heavy atom. The number of carbonyl (C=O) groups is 2. The van der Waals surface area contributed by atoms with Crippen molar-refractivity contribution in [2.24, 2.45) is 5.73 Å². The van der Waals surface area contributed by atoms with Crippen LogP contribution in [0.1, 0.15) is 245 Å². The lowest BCUT2D eigenvalue weighted by molar-refractivity contribution is -0.154. The Labute approximate surface area is 387 Å². The van der Waals surface area contributed by atoms with E-state index >= 15 is 0 Å². The number of ether oxygens (including phenoxy) is 2. The predicted octanol–water partition coefficient (Wildman–Crippen LogP) is 15.2. The number of carboxylic acids is 1. The second-order valence-electron chi connectivity index (χ2n) is 17.7. The first kappa shape index (κ1) is 61.2. The summed E-state index contributed by atoms with van der Waals surface area (Å²) in [5.41, 5.74) is 5.38. The van der Waals surface area contributed by atoms with Gasteiger partial charge in [-0.2, -0.15) is 0 Å². The molecule has 0 aliphatic rings. The maximum Gasteiger partial charge on any atom is 0.472 e. The van der Waals surface area contributed by atoms with Gasteiger partial charge in [0.15, 0.2) is 0 Å². The molecule has 3 atom stereocenters. The Hall–Kier alpha value is -1.81. The number of allylic oxidation sites excluding steroid dienone is 6. The van der Waals surface area contributed by atoms with Gasteiger partial charge in [-0.1, -0.05) is 224 Å². The molecular weight excluding hydrogens is 814 g/mol. The number of hydrogen-bond acceptors (Lipinski definition) is 8. The molecule has 0 aromatic heterocycles. The zero-order valence-electron chi connectivity index (χ0n) is 40.7. The van der Waals surface area contributed by atoms with Crippen LogP contribution in [0.15, 0.2) is 36.5 Å². The van der Waals surface area contributed by atoms with Gasteiger partial charge in [-0.3, -0.25) is 18.6 Å². The number of rotatable bonds is 50. The van der Waals surface area contributed by atoms with E-state index in [1.165, 1.54) is 167 Å². The zero-order valence-corrected chi connectivity index (χ0v) is 41.6. The van der Waals surface area contributed by atoms with E-state index in [1.807, 2.05) is 0 Å². The fraction of sp³-hybridized carbons (Fsp3) is 0.846. The first-order valence-corrected chi connectivity index (χ1v) is 27.5. The highest BCUT2D eigenvalue weighted by atomic mass is 31.2. The number of carboxylic acid groups (broad SMARTS) is 1. The van der Waals surface area contributed by atoms with Gasteiger partial charge in [-0.15, -0.1) is 0 Å². The molecule has 3 unspecified atom stereocenters. The Balaban J connectivity index is 4.12. The van der Waals surface area contributed by atoms with E-state index in [9.17, 15) is 19.0 Å². The van der Waals surface area contributed by atoms with Crippen LogP contribution in [0.3, 0.4) is 0 Å². The van der Waals surface area contributed by atoms with Gasteiger partial charge >= 0.3 is 19.8 Å². The van der Waals surface area contributed by atoms with Gasteiger partial charge in [-0.05, 0) is 51.4 Å². The molecule has 63 heavy (non-hydrogen) atoms. The van der Waals surface area contributed by atoms with E-state index in [0.717, 1.165) is 51.4 Å². The molecule has 0 saturated carbocycles. The third-order valence-electron chi connectivity index (χ3n) is 11.4. The summed E-state index contributed by atoms with van der Waals surface area (Å²) in [6.07, 6.45) is 56.3. The molecule has 0 heterocycles. The predicted molar refractivity (Wildman–Crippen MR) is 263 cm³/mol. The van der Waals surface area contributed by atoms with Crippen LogP contribution in [0, 0.1) is 0 Å². The monoisotopic (exact) mass is 912 g/mol. The van der Waals surface area contributed by atoms with Crippen LogP contribution in [0.4, 0.5) is 0 Å². The fourth-order valence-electron chi connectivity index (χ4n) is 7.38. The average molecular weight is 912 g/mol. The smallest absolute Gasteiger partial charge is 0.472 e. The summed E-state index contributed by atoms with van der Waals surface area (Å²) in [5, 5.41) is 8.93. The first-order chi connectivity index (χ1) is 30.7. The number of hydrogen-bond donors (Lipinski definition) is 3. The van der Waals surface area contributed by atoms with Crippen LogP contribution < -0.4 is 5.73 Å². The van der Waals surface area contributed by atoms with Gasteiger partial charge < -0.3 is 25.2 Å². The fourth-order valence-corrected chi connectivity index (χ4v) is 8.16. The number of phosphoric acid groups is 1. The van der Waals surface area contributed by atoms with Crippen molar-refractivity contribution in [2.45, 2.75) is 257 Å². The molecule has 0 radical (unpaired) electrons. The average Bonchev–Trinajstić information content (AvgIpc) is 3.26. The molecule has 10 nitrogen and oxygen atoms in total. The summed E-state index contributed by atoms with van der Waals surface area (Å²) in [5.74, 6) is -1.77. The Morgan fingerprint density at radius 1 is 0.508 bits per heavy atom. The van der Waals surface area contributed by atoms with Gasteiger partial charge in [0.1, 0.15) is 12.1 Å². The van der Waals surface area contributed by atoms with Crippen molar-refractivity contribution in [1.29, 1.82) is 0 Å². The quantitative estimate of drug-likeness (QED) is 0.0232. The van der Waals surface area contributed by atoms with Crippen molar-refractivity contribution in [2.75, 3.05) is 26.4 Å². The van der Waals surface area contributed by atoms with E-state index in [-0.39, 0.29) is 13.0 Å². The maximum absolute atomic E-state index is 12.7. The van der Waals surface area contributed by atoms with E-state index in [1.54, 1.807) is 0 Å². The van der Waals surface area contributed by atoms with Gasteiger partial charge in [0.2, 0.25) is 0 Å². The first-order valence-electron chi connectivity index (χ1n) is 26.0. The molecule has 11 heteroatoms. The Bertz CT molecular complexity index is 1150. The van der Waals surface area contributed by atoms with Crippen LogP contribution in [0.2, 0.25) is 0 Å². The Morgan fingerprint density at radius 3 is 1.30 bits per heavy atom. The third-order valence-corrected chi connectivity index (χ3v) is 12.4.